The number of anilines is 2. The number of hydrogen-bond donors (Lipinski definition) is 2. The van der Waals surface area contributed by atoms with Gasteiger partial charge in [0.2, 0.25) is 0 Å². The van der Waals surface area contributed by atoms with Crippen LogP contribution < -0.4 is 10.6 Å². The molecule has 0 aromatic carbocycles. The first kappa shape index (κ1) is 13.6. The van der Waals surface area contributed by atoms with E-state index in [-0.39, 0.29) is 5.82 Å². The van der Waals surface area contributed by atoms with Crippen LogP contribution in [0.2, 0.25) is 0 Å². The number of nitrogens with one attached hydrogen (secondary N) is 2. The zero-order chi connectivity index (χ0) is 13.7. The van der Waals surface area contributed by atoms with Crippen LogP contribution in [0.25, 0.3) is 0 Å². The second kappa shape index (κ2) is 6.38. The maximum atomic E-state index is 13.7. The Labute approximate surface area is 115 Å². The Morgan fingerprint density at radius 1 is 1.26 bits per heavy atom. The first-order chi connectivity index (χ1) is 9.22. The number of nitrogens with zero attached hydrogens (tertiary/aromatic N) is 2. The van der Waals surface area contributed by atoms with E-state index >= 15 is 0 Å². The van der Waals surface area contributed by atoms with Crippen molar-refractivity contribution in [2.45, 2.75) is 11.4 Å². The molecule has 0 saturated carbocycles. The van der Waals surface area contributed by atoms with E-state index in [0.29, 0.717) is 17.9 Å². The van der Waals surface area contributed by atoms with Gasteiger partial charge in [0.25, 0.3) is 0 Å². The van der Waals surface area contributed by atoms with Crippen LogP contribution >= 0.6 is 11.8 Å². The molecule has 0 aliphatic heterocycles. The molecule has 0 saturated heterocycles. The summed E-state index contributed by atoms with van der Waals surface area (Å²) in [7, 11) is 1.71. The Balaban J connectivity index is 2.05. The van der Waals surface area contributed by atoms with Crippen LogP contribution in [0, 0.1) is 5.82 Å². The number of aromatic nitrogens is 2. The first-order valence-electron chi connectivity index (χ1n) is 5.79. The Kier molecular flexibility index (Phi) is 4.57. The van der Waals surface area contributed by atoms with E-state index in [4.69, 9.17) is 0 Å². The molecule has 0 spiro atoms. The molecule has 0 aliphatic rings. The van der Waals surface area contributed by atoms with Crippen molar-refractivity contribution in [1.82, 2.24) is 9.97 Å². The van der Waals surface area contributed by atoms with Gasteiger partial charge in [-0.15, -0.1) is 11.8 Å². The maximum absolute atomic E-state index is 13.7. The SMILES string of the molecule is CNc1cc(F)c(CNc2cc(SC)ccn2)cn1. The molecule has 0 unspecified atom stereocenters. The average Bonchev–Trinajstić information content (AvgIpc) is 2.46. The minimum atomic E-state index is -0.284. The zero-order valence-electron chi connectivity index (χ0n) is 10.8. The van der Waals surface area contributed by atoms with Gasteiger partial charge in [-0.25, -0.2) is 14.4 Å². The predicted octanol–water partition coefficient (Wildman–Crippen LogP) is 2.99. The van der Waals surface area contributed by atoms with Crippen LogP contribution in [-0.4, -0.2) is 23.3 Å². The van der Waals surface area contributed by atoms with Crippen molar-refractivity contribution in [3.05, 3.63) is 42.0 Å². The van der Waals surface area contributed by atoms with Crippen LogP contribution in [0.15, 0.2) is 35.5 Å². The number of hydrogen-bond acceptors (Lipinski definition) is 5. The van der Waals surface area contributed by atoms with Crippen LogP contribution in [-0.2, 0) is 6.54 Å². The molecule has 2 rings (SSSR count). The number of pyridine rings is 2. The molecule has 0 aliphatic carbocycles. The molecule has 0 atom stereocenters. The van der Waals surface area contributed by atoms with E-state index in [1.165, 1.54) is 12.3 Å². The molecule has 2 heterocycles. The normalized spacial score (nSPS) is 10.3. The van der Waals surface area contributed by atoms with Gasteiger partial charge in [-0.05, 0) is 18.4 Å². The van der Waals surface area contributed by atoms with E-state index in [0.717, 1.165) is 10.7 Å². The van der Waals surface area contributed by atoms with Gasteiger partial charge in [0, 0.05) is 42.5 Å². The fourth-order valence-corrected chi connectivity index (χ4v) is 1.97. The Bertz CT molecular complexity index is 562. The highest BCUT2D eigenvalue weighted by atomic mass is 32.2. The van der Waals surface area contributed by atoms with Gasteiger partial charge >= 0.3 is 0 Å². The van der Waals surface area contributed by atoms with Gasteiger partial charge in [-0.1, -0.05) is 0 Å². The topological polar surface area (TPSA) is 49.8 Å². The fourth-order valence-electron chi connectivity index (χ4n) is 1.55. The molecule has 100 valence electrons. The fraction of sp³-hybridized carbons (Fsp3) is 0.231. The third kappa shape index (κ3) is 3.57. The zero-order valence-corrected chi connectivity index (χ0v) is 11.6. The lowest BCUT2D eigenvalue weighted by atomic mass is 10.2. The van der Waals surface area contributed by atoms with Crippen molar-refractivity contribution < 1.29 is 4.39 Å². The summed E-state index contributed by atoms with van der Waals surface area (Å²) in [5.74, 6) is 0.959. The van der Waals surface area contributed by atoms with Gasteiger partial charge in [0.15, 0.2) is 0 Å². The molecule has 4 nitrogen and oxygen atoms in total. The Hall–Kier alpha value is -1.82. The summed E-state index contributed by atoms with van der Waals surface area (Å²) in [6.45, 7) is 0.355. The molecule has 2 aromatic heterocycles. The predicted molar refractivity (Wildman–Crippen MR) is 77.1 cm³/mol. The van der Waals surface area contributed by atoms with Crippen molar-refractivity contribution in [2.24, 2.45) is 0 Å². The molecule has 6 heteroatoms. The average molecular weight is 278 g/mol. The summed E-state index contributed by atoms with van der Waals surface area (Å²) >= 11 is 1.64. The second-order valence-electron chi connectivity index (χ2n) is 3.85. The van der Waals surface area contributed by atoms with E-state index in [1.807, 2.05) is 18.4 Å². The standard InChI is InChI=1S/C13H15FN4S/c1-15-12-6-11(14)9(7-17-12)8-18-13-5-10(19-2)3-4-16-13/h3-7H,8H2,1-2H3,(H,15,17)(H,16,18). The van der Waals surface area contributed by atoms with E-state index in [9.17, 15) is 4.39 Å². The Morgan fingerprint density at radius 2 is 2.11 bits per heavy atom. The smallest absolute Gasteiger partial charge is 0.133 e. The first-order valence-corrected chi connectivity index (χ1v) is 7.01. The third-order valence-electron chi connectivity index (χ3n) is 2.61. The third-order valence-corrected chi connectivity index (χ3v) is 3.34. The van der Waals surface area contributed by atoms with Gasteiger partial charge in [0.1, 0.15) is 17.5 Å². The molecule has 0 bridgehead atoms. The molecule has 0 radical (unpaired) electrons. The summed E-state index contributed by atoms with van der Waals surface area (Å²) in [4.78, 5) is 9.39. The summed E-state index contributed by atoms with van der Waals surface area (Å²) in [5, 5.41) is 5.89. The molecule has 0 amide bonds. The number of thioether (sulfide) groups is 1. The van der Waals surface area contributed by atoms with Gasteiger partial charge in [-0.2, -0.15) is 0 Å². The van der Waals surface area contributed by atoms with E-state index < -0.39 is 0 Å². The quantitative estimate of drug-likeness (QED) is 0.823. The van der Waals surface area contributed by atoms with Crippen LogP contribution in [0.4, 0.5) is 16.0 Å². The summed E-state index contributed by atoms with van der Waals surface area (Å²) in [6, 6.07) is 5.24. The van der Waals surface area contributed by atoms with E-state index in [1.54, 1.807) is 25.0 Å². The molecule has 2 aromatic rings. The number of rotatable bonds is 5. The highest BCUT2D eigenvalue weighted by Crippen LogP contribution is 2.18. The second-order valence-corrected chi connectivity index (χ2v) is 4.73. The number of halogens is 1. The lowest BCUT2D eigenvalue weighted by Gasteiger charge is -2.08. The minimum Gasteiger partial charge on any atom is -0.373 e. The molecule has 2 N–H and O–H groups in total. The van der Waals surface area contributed by atoms with Crippen LogP contribution in [0.1, 0.15) is 5.56 Å². The molecule has 19 heavy (non-hydrogen) atoms. The van der Waals surface area contributed by atoms with Crippen molar-refractivity contribution >= 4 is 23.4 Å². The highest BCUT2D eigenvalue weighted by molar-refractivity contribution is 7.98. The summed E-state index contributed by atoms with van der Waals surface area (Å²) in [5.41, 5.74) is 0.510. The van der Waals surface area contributed by atoms with Gasteiger partial charge in [-0.3, -0.25) is 0 Å². The maximum Gasteiger partial charge on any atom is 0.133 e. The van der Waals surface area contributed by atoms with Gasteiger partial charge < -0.3 is 10.6 Å². The van der Waals surface area contributed by atoms with Crippen LogP contribution in [0.3, 0.4) is 0 Å². The summed E-state index contributed by atoms with van der Waals surface area (Å²) < 4.78 is 13.7. The van der Waals surface area contributed by atoms with E-state index in [2.05, 4.69) is 20.6 Å². The monoisotopic (exact) mass is 278 g/mol. The van der Waals surface area contributed by atoms with Crippen LogP contribution in [0.5, 0.6) is 0 Å². The van der Waals surface area contributed by atoms with Crippen molar-refractivity contribution in [3.8, 4) is 0 Å². The van der Waals surface area contributed by atoms with Gasteiger partial charge in [0.05, 0.1) is 0 Å². The van der Waals surface area contributed by atoms with Crippen molar-refractivity contribution in [3.63, 3.8) is 0 Å². The Morgan fingerprint density at radius 3 is 2.79 bits per heavy atom. The largest absolute Gasteiger partial charge is 0.373 e. The minimum absolute atomic E-state index is 0.284. The molecule has 0 fully saturated rings. The molecular weight excluding hydrogens is 263 g/mol. The van der Waals surface area contributed by atoms with Crippen molar-refractivity contribution in [1.29, 1.82) is 0 Å². The van der Waals surface area contributed by atoms with Crippen molar-refractivity contribution in [2.75, 3.05) is 23.9 Å². The lowest BCUT2D eigenvalue weighted by Crippen LogP contribution is -2.05. The molecular formula is C13H15FN4S. The highest BCUT2D eigenvalue weighted by Gasteiger charge is 2.04. The summed E-state index contributed by atoms with van der Waals surface area (Å²) in [6.07, 6.45) is 5.25. The lowest BCUT2D eigenvalue weighted by molar-refractivity contribution is 0.610.